The lowest BCUT2D eigenvalue weighted by Gasteiger charge is -1.93. The molecule has 0 bridgehead atoms. The Morgan fingerprint density at radius 3 is 2.93 bits per heavy atom. The number of nitrogens with zero attached hydrogens (tertiary/aromatic N) is 1. The van der Waals surface area contributed by atoms with Crippen LogP contribution in [0.1, 0.15) is 28.8 Å². The molecule has 78 valence electrons. The largest absolute Gasteiger partial charge is 0.478 e. The lowest BCUT2D eigenvalue weighted by atomic mass is 10.2. The highest BCUT2D eigenvalue weighted by molar-refractivity contribution is 5.87. The number of hydrogen-bond acceptors (Lipinski definition) is 3. The maximum atomic E-state index is 10.6. The molecule has 1 rings (SSSR count). The van der Waals surface area contributed by atoms with Gasteiger partial charge in [0.2, 0.25) is 0 Å². The van der Waals surface area contributed by atoms with Gasteiger partial charge in [0.15, 0.2) is 0 Å². The summed E-state index contributed by atoms with van der Waals surface area (Å²) in [4.78, 5) is 14.4. The monoisotopic (exact) mass is 205 g/mol. The van der Waals surface area contributed by atoms with Gasteiger partial charge in [0.05, 0.1) is 5.56 Å². The van der Waals surface area contributed by atoms with Gasteiger partial charge in [-0.05, 0) is 12.5 Å². The minimum atomic E-state index is -1.01. The highest BCUT2D eigenvalue weighted by Crippen LogP contribution is 2.01. The van der Waals surface area contributed by atoms with Crippen molar-refractivity contribution in [3.05, 3.63) is 29.6 Å². The highest BCUT2D eigenvalue weighted by Gasteiger charge is 2.01. The molecule has 4 nitrogen and oxygen atoms in total. The summed E-state index contributed by atoms with van der Waals surface area (Å²) in [5.41, 5.74) is 0.705. The molecule has 0 fully saturated rings. The number of aromatic carboxylic acids is 1. The molecule has 0 saturated heterocycles. The van der Waals surface area contributed by atoms with Gasteiger partial charge in [-0.2, -0.15) is 0 Å². The fraction of sp³-hybridized carbons (Fsp3) is 0.273. The van der Waals surface area contributed by atoms with Crippen LogP contribution >= 0.6 is 0 Å². The first kappa shape index (κ1) is 11.2. The normalized spacial score (nSPS) is 9.13. The van der Waals surface area contributed by atoms with Gasteiger partial charge in [0.25, 0.3) is 0 Å². The molecule has 2 N–H and O–H groups in total. The third-order valence-corrected chi connectivity index (χ3v) is 1.68. The van der Waals surface area contributed by atoms with Crippen LogP contribution in [0.5, 0.6) is 0 Å². The van der Waals surface area contributed by atoms with Gasteiger partial charge in [-0.25, -0.2) is 4.79 Å². The highest BCUT2D eigenvalue weighted by atomic mass is 16.4. The standard InChI is InChI=1S/C11H11NO3/c13-5-3-1-2-4-9-6-10(11(14)15)8-12-7-9/h6-8,13H,1,3,5H2,(H,14,15). The van der Waals surface area contributed by atoms with Crippen LogP contribution in [0.25, 0.3) is 0 Å². The number of hydrogen-bond donors (Lipinski definition) is 2. The smallest absolute Gasteiger partial charge is 0.337 e. The number of carboxylic acid groups (broad SMARTS) is 1. The van der Waals surface area contributed by atoms with Crippen molar-refractivity contribution < 1.29 is 15.0 Å². The zero-order valence-electron chi connectivity index (χ0n) is 8.10. The molecule has 0 aliphatic rings. The van der Waals surface area contributed by atoms with Crippen LogP contribution in [0.3, 0.4) is 0 Å². The van der Waals surface area contributed by atoms with E-state index in [9.17, 15) is 4.79 Å². The zero-order chi connectivity index (χ0) is 11.1. The summed E-state index contributed by atoms with van der Waals surface area (Å²) in [6, 6.07) is 1.47. The summed E-state index contributed by atoms with van der Waals surface area (Å²) in [7, 11) is 0. The molecular formula is C11H11NO3. The molecule has 0 amide bonds. The van der Waals surface area contributed by atoms with E-state index in [1.165, 1.54) is 18.5 Å². The van der Waals surface area contributed by atoms with Gasteiger partial charge >= 0.3 is 5.97 Å². The van der Waals surface area contributed by atoms with Gasteiger partial charge < -0.3 is 10.2 Å². The third-order valence-electron chi connectivity index (χ3n) is 1.68. The molecule has 1 aromatic heterocycles. The van der Waals surface area contributed by atoms with Crippen LogP contribution in [0.15, 0.2) is 18.5 Å². The van der Waals surface area contributed by atoms with Gasteiger partial charge in [0, 0.05) is 31.0 Å². The van der Waals surface area contributed by atoms with E-state index >= 15 is 0 Å². The number of pyridine rings is 1. The van der Waals surface area contributed by atoms with E-state index in [1.54, 1.807) is 0 Å². The Bertz CT molecular complexity index is 404. The van der Waals surface area contributed by atoms with Crippen LogP contribution < -0.4 is 0 Å². The van der Waals surface area contributed by atoms with Crippen molar-refractivity contribution >= 4 is 5.97 Å². The Morgan fingerprint density at radius 1 is 1.47 bits per heavy atom. The predicted molar refractivity (Wildman–Crippen MR) is 54.4 cm³/mol. The van der Waals surface area contributed by atoms with Crippen molar-refractivity contribution in [3.8, 4) is 11.8 Å². The Labute approximate surface area is 87.6 Å². The first-order valence-electron chi connectivity index (χ1n) is 4.52. The molecule has 0 saturated carbocycles. The number of carbonyl (C=O) groups is 1. The Kier molecular flexibility index (Phi) is 4.32. The molecule has 0 aromatic carbocycles. The first-order valence-corrected chi connectivity index (χ1v) is 4.52. The summed E-state index contributed by atoms with van der Waals surface area (Å²) in [6.07, 6.45) is 4.01. The van der Waals surface area contributed by atoms with Crippen LogP contribution in [0.2, 0.25) is 0 Å². The first-order chi connectivity index (χ1) is 7.24. The van der Waals surface area contributed by atoms with E-state index in [2.05, 4.69) is 16.8 Å². The van der Waals surface area contributed by atoms with Crippen LogP contribution in [0.4, 0.5) is 0 Å². The summed E-state index contributed by atoms with van der Waals surface area (Å²) in [6.45, 7) is 0.113. The van der Waals surface area contributed by atoms with Gasteiger partial charge in [0.1, 0.15) is 0 Å². The second-order valence-corrected chi connectivity index (χ2v) is 2.90. The second kappa shape index (κ2) is 5.78. The molecule has 0 aliphatic heterocycles. The lowest BCUT2D eigenvalue weighted by molar-refractivity contribution is 0.0696. The minimum Gasteiger partial charge on any atom is -0.478 e. The molecule has 15 heavy (non-hydrogen) atoms. The van der Waals surface area contributed by atoms with Gasteiger partial charge in [-0.3, -0.25) is 4.98 Å². The van der Waals surface area contributed by atoms with E-state index in [1.807, 2.05) is 0 Å². The summed E-state index contributed by atoms with van der Waals surface area (Å²) in [5.74, 6) is 4.60. The maximum absolute atomic E-state index is 10.6. The quantitative estimate of drug-likeness (QED) is 0.568. The molecule has 4 heteroatoms. The molecule has 0 aliphatic carbocycles. The molecule has 0 unspecified atom stereocenters. The van der Waals surface area contributed by atoms with Gasteiger partial charge in [-0.1, -0.05) is 11.8 Å². The summed E-state index contributed by atoms with van der Waals surface area (Å²) in [5, 5.41) is 17.2. The fourth-order valence-electron chi connectivity index (χ4n) is 0.957. The zero-order valence-corrected chi connectivity index (χ0v) is 8.10. The Hall–Kier alpha value is -1.86. The van der Waals surface area contributed by atoms with Crippen molar-refractivity contribution in [3.63, 3.8) is 0 Å². The Morgan fingerprint density at radius 2 is 2.27 bits per heavy atom. The van der Waals surface area contributed by atoms with Crippen molar-refractivity contribution in [1.29, 1.82) is 0 Å². The number of aliphatic hydroxyl groups excluding tert-OH is 1. The van der Waals surface area contributed by atoms with Crippen LogP contribution in [-0.4, -0.2) is 27.8 Å². The summed E-state index contributed by atoms with van der Waals surface area (Å²) >= 11 is 0. The molecule has 0 atom stereocenters. The third kappa shape index (κ3) is 3.79. The number of unbranched alkanes of at least 4 members (excludes halogenated alkanes) is 1. The number of carboxylic acids is 1. The topological polar surface area (TPSA) is 70.4 Å². The van der Waals surface area contributed by atoms with Crippen LogP contribution in [-0.2, 0) is 0 Å². The Balaban J connectivity index is 2.72. The number of aliphatic hydroxyl groups is 1. The molecule has 0 radical (unpaired) electrons. The minimum absolute atomic E-state index is 0.113. The van der Waals surface area contributed by atoms with Crippen molar-refractivity contribution in [2.75, 3.05) is 6.61 Å². The molecule has 1 aromatic rings. The SMILES string of the molecule is O=C(O)c1cncc(C#CCCCO)c1. The average Bonchev–Trinajstić information content (AvgIpc) is 2.25. The second-order valence-electron chi connectivity index (χ2n) is 2.90. The molecule has 0 spiro atoms. The van der Waals surface area contributed by atoms with E-state index in [-0.39, 0.29) is 12.2 Å². The maximum Gasteiger partial charge on any atom is 0.337 e. The van der Waals surface area contributed by atoms with Crippen molar-refractivity contribution in [2.45, 2.75) is 12.8 Å². The van der Waals surface area contributed by atoms with Crippen LogP contribution in [0, 0.1) is 11.8 Å². The summed E-state index contributed by atoms with van der Waals surface area (Å²) < 4.78 is 0. The molecule has 1 heterocycles. The average molecular weight is 205 g/mol. The van der Waals surface area contributed by atoms with E-state index < -0.39 is 5.97 Å². The van der Waals surface area contributed by atoms with E-state index in [4.69, 9.17) is 10.2 Å². The van der Waals surface area contributed by atoms with E-state index in [0.29, 0.717) is 18.4 Å². The molecular weight excluding hydrogens is 194 g/mol. The van der Waals surface area contributed by atoms with Crippen molar-refractivity contribution in [1.82, 2.24) is 4.98 Å². The number of rotatable bonds is 3. The van der Waals surface area contributed by atoms with E-state index in [0.717, 1.165) is 0 Å². The number of aromatic nitrogens is 1. The van der Waals surface area contributed by atoms with Gasteiger partial charge in [-0.15, -0.1) is 0 Å². The fourth-order valence-corrected chi connectivity index (χ4v) is 0.957. The predicted octanol–water partition coefficient (Wildman–Crippen LogP) is 0.904. The lowest BCUT2D eigenvalue weighted by Crippen LogP contribution is -1.97. The van der Waals surface area contributed by atoms with Crippen molar-refractivity contribution in [2.24, 2.45) is 0 Å².